The van der Waals surface area contributed by atoms with Crippen LogP contribution in [0, 0.1) is 10.1 Å². The lowest BCUT2D eigenvalue weighted by atomic mass is 10.1. The molecule has 0 unspecified atom stereocenters. The van der Waals surface area contributed by atoms with E-state index in [4.69, 9.17) is 16.2 Å². The molecule has 4 N–H and O–H groups in total. The van der Waals surface area contributed by atoms with E-state index in [1.807, 2.05) is 0 Å². The van der Waals surface area contributed by atoms with Gasteiger partial charge >= 0.3 is 12.1 Å². The van der Waals surface area contributed by atoms with Crippen molar-refractivity contribution < 1.29 is 19.2 Å². The molecule has 1 aromatic rings. The molecule has 9 heteroatoms. The van der Waals surface area contributed by atoms with Gasteiger partial charge in [-0.3, -0.25) is 10.1 Å². The Balaban J connectivity index is 2.46. The molecule has 0 aromatic heterocycles. The molecular formula is C12H16N4O5. The van der Waals surface area contributed by atoms with Crippen LogP contribution in [-0.2, 0) is 11.2 Å². The number of nitro groups is 1. The lowest BCUT2D eigenvalue weighted by Crippen LogP contribution is -2.40. The highest BCUT2D eigenvalue weighted by atomic mass is 16.6. The molecule has 21 heavy (non-hydrogen) atoms. The second-order valence-corrected chi connectivity index (χ2v) is 4.36. The number of primary amides is 1. The summed E-state index contributed by atoms with van der Waals surface area (Å²) in [5.41, 5.74) is 11.4. The second kappa shape index (κ2) is 7.20. The Bertz CT molecular complexity index is 531. The summed E-state index contributed by atoms with van der Waals surface area (Å²) >= 11 is 0. The van der Waals surface area contributed by atoms with Gasteiger partial charge in [-0.1, -0.05) is 12.1 Å². The minimum Gasteiger partial charge on any atom is -0.447 e. The Morgan fingerprint density at radius 1 is 1.38 bits per heavy atom. The summed E-state index contributed by atoms with van der Waals surface area (Å²) in [6, 6.07) is 4.47. The Kier molecular flexibility index (Phi) is 5.61. The fourth-order valence-corrected chi connectivity index (χ4v) is 1.48. The molecule has 0 saturated carbocycles. The highest BCUT2D eigenvalue weighted by Crippen LogP contribution is 2.13. The van der Waals surface area contributed by atoms with Crippen LogP contribution >= 0.6 is 0 Å². The molecule has 1 aromatic carbocycles. The van der Waals surface area contributed by atoms with E-state index in [1.54, 1.807) is 12.1 Å². The van der Waals surface area contributed by atoms with Crippen molar-refractivity contribution in [2.75, 3.05) is 13.7 Å². The van der Waals surface area contributed by atoms with Crippen molar-refractivity contribution in [3.8, 4) is 0 Å². The summed E-state index contributed by atoms with van der Waals surface area (Å²) in [5.74, 6) is 0. The zero-order chi connectivity index (χ0) is 16.0. The predicted octanol–water partition coefficient (Wildman–Crippen LogP) is 0.612. The molecule has 1 atom stereocenters. The first kappa shape index (κ1) is 16.4. The lowest BCUT2D eigenvalue weighted by molar-refractivity contribution is -0.384. The fourth-order valence-electron chi connectivity index (χ4n) is 1.48. The summed E-state index contributed by atoms with van der Waals surface area (Å²) in [6.45, 7) is -0.104. The van der Waals surface area contributed by atoms with Crippen LogP contribution in [0.4, 0.5) is 15.3 Å². The van der Waals surface area contributed by atoms with Crippen LogP contribution in [0.5, 0.6) is 0 Å². The first-order valence-electron chi connectivity index (χ1n) is 6.00. The Morgan fingerprint density at radius 2 is 1.95 bits per heavy atom. The fraction of sp³-hybridized carbons (Fsp3) is 0.333. The summed E-state index contributed by atoms with van der Waals surface area (Å²) < 4.78 is 4.81. The van der Waals surface area contributed by atoms with Crippen LogP contribution in [0.1, 0.15) is 5.56 Å². The maximum absolute atomic E-state index is 11.3. The summed E-state index contributed by atoms with van der Waals surface area (Å²) in [5, 5.41) is 10.5. The maximum Gasteiger partial charge on any atom is 0.417 e. The van der Waals surface area contributed by atoms with Gasteiger partial charge in [0.05, 0.1) is 4.92 Å². The molecule has 0 aliphatic carbocycles. The highest BCUT2D eigenvalue weighted by molar-refractivity contribution is 5.89. The largest absolute Gasteiger partial charge is 0.447 e. The third kappa shape index (κ3) is 5.07. The normalized spacial score (nSPS) is 11.5. The summed E-state index contributed by atoms with van der Waals surface area (Å²) in [6.07, 6.45) is -0.521. The number of carbonyl (C=O) groups is 2. The van der Waals surface area contributed by atoms with Crippen molar-refractivity contribution in [1.82, 2.24) is 4.90 Å². The van der Waals surface area contributed by atoms with Gasteiger partial charge in [-0.05, 0) is 12.0 Å². The van der Waals surface area contributed by atoms with Gasteiger partial charge in [-0.15, -0.1) is 0 Å². The first-order valence-corrected chi connectivity index (χ1v) is 6.00. The van der Waals surface area contributed by atoms with E-state index >= 15 is 0 Å². The number of nitrogens with zero attached hydrogens (tertiary/aromatic N) is 2. The van der Waals surface area contributed by atoms with Crippen molar-refractivity contribution in [2.24, 2.45) is 11.5 Å². The predicted molar refractivity (Wildman–Crippen MR) is 73.5 cm³/mol. The minimum atomic E-state index is -0.927. The molecule has 0 saturated heterocycles. The quantitative estimate of drug-likeness (QED) is 0.602. The number of rotatable bonds is 5. The molecule has 0 aliphatic heterocycles. The zero-order valence-electron chi connectivity index (χ0n) is 11.4. The highest BCUT2D eigenvalue weighted by Gasteiger charge is 2.16. The first-order chi connectivity index (χ1) is 9.81. The second-order valence-electron chi connectivity index (χ2n) is 4.36. The summed E-state index contributed by atoms with van der Waals surface area (Å²) in [4.78, 5) is 32.7. The number of non-ortho nitro benzene ring substituents is 1. The lowest BCUT2D eigenvalue weighted by Gasteiger charge is -2.16. The number of ether oxygens (including phenoxy) is 1. The van der Waals surface area contributed by atoms with E-state index in [9.17, 15) is 19.7 Å². The van der Waals surface area contributed by atoms with Crippen molar-refractivity contribution in [2.45, 2.75) is 12.5 Å². The number of hydrogen-bond acceptors (Lipinski definition) is 6. The number of benzene rings is 1. The molecule has 0 heterocycles. The number of hydrogen-bond donors (Lipinski definition) is 2. The van der Waals surface area contributed by atoms with Gasteiger partial charge in [0.25, 0.3) is 5.69 Å². The molecule has 9 nitrogen and oxygen atoms in total. The van der Waals surface area contributed by atoms with E-state index in [-0.39, 0.29) is 12.3 Å². The number of amides is 3. The molecular weight excluding hydrogens is 280 g/mol. The minimum absolute atomic E-state index is 0.0122. The number of nitro benzene ring substituents is 1. The number of carbonyl (C=O) groups excluding carboxylic acids is 2. The van der Waals surface area contributed by atoms with Crippen molar-refractivity contribution in [3.63, 3.8) is 0 Å². The van der Waals surface area contributed by atoms with Crippen molar-refractivity contribution in [3.05, 3.63) is 39.9 Å². The van der Waals surface area contributed by atoms with Crippen LogP contribution in [0.15, 0.2) is 24.3 Å². The van der Waals surface area contributed by atoms with Gasteiger partial charge in [-0.25, -0.2) is 14.5 Å². The molecule has 0 fully saturated rings. The van der Waals surface area contributed by atoms with E-state index in [1.165, 1.54) is 19.2 Å². The maximum atomic E-state index is 11.3. The third-order valence-electron chi connectivity index (χ3n) is 2.67. The SMILES string of the molecule is CN(C(N)=O)C(=O)OC[C@H](N)Cc1ccc([N+](=O)[O-])cc1. The number of urea groups is 1. The molecule has 0 spiro atoms. The zero-order valence-corrected chi connectivity index (χ0v) is 11.4. The van der Waals surface area contributed by atoms with Gasteiger partial charge in [0.2, 0.25) is 0 Å². The van der Waals surface area contributed by atoms with Gasteiger partial charge < -0.3 is 16.2 Å². The molecule has 3 amide bonds. The van der Waals surface area contributed by atoms with Gasteiger partial charge in [-0.2, -0.15) is 0 Å². The average Bonchev–Trinajstić information content (AvgIpc) is 2.44. The van der Waals surface area contributed by atoms with Crippen LogP contribution in [0.25, 0.3) is 0 Å². The Hall–Kier alpha value is -2.68. The monoisotopic (exact) mass is 296 g/mol. The van der Waals surface area contributed by atoms with Gasteiger partial charge in [0.15, 0.2) is 0 Å². The van der Waals surface area contributed by atoms with E-state index in [0.717, 1.165) is 5.56 Å². The third-order valence-corrected chi connectivity index (χ3v) is 2.67. The molecule has 0 bridgehead atoms. The smallest absolute Gasteiger partial charge is 0.417 e. The molecule has 0 aliphatic rings. The van der Waals surface area contributed by atoms with E-state index in [2.05, 4.69) is 0 Å². The van der Waals surface area contributed by atoms with Crippen LogP contribution < -0.4 is 11.5 Å². The standard InChI is InChI=1S/C12H16N4O5/c1-15(11(14)17)12(18)21-7-9(13)6-8-2-4-10(5-3-8)16(19)20/h2-5,9H,6-7,13H2,1H3,(H2,14,17)/t9-/m1/s1. The molecule has 114 valence electrons. The van der Waals surface area contributed by atoms with Gasteiger partial charge in [0, 0.05) is 25.2 Å². The summed E-state index contributed by atoms with van der Waals surface area (Å²) in [7, 11) is 1.19. The van der Waals surface area contributed by atoms with Crippen LogP contribution in [0.3, 0.4) is 0 Å². The topological polar surface area (TPSA) is 142 Å². The van der Waals surface area contributed by atoms with Gasteiger partial charge in [0.1, 0.15) is 6.61 Å². The number of imide groups is 1. The average molecular weight is 296 g/mol. The molecule has 0 radical (unpaired) electrons. The number of nitrogens with two attached hydrogens (primary N) is 2. The molecule has 1 rings (SSSR count). The van der Waals surface area contributed by atoms with Crippen molar-refractivity contribution in [1.29, 1.82) is 0 Å². The Morgan fingerprint density at radius 3 is 2.43 bits per heavy atom. The van der Waals surface area contributed by atoms with Crippen molar-refractivity contribution >= 4 is 17.8 Å². The Labute approximate surface area is 120 Å². The van der Waals surface area contributed by atoms with Crippen LogP contribution in [-0.4, -0.2) is 41.6 Å². The van der Waals surface area contributed by atoms with Crippen LogP contribution in [0.2, 0.25) is 0 Å². The van der Waals surface area contributed by atoms with E-state index < -0.39 is 23.1 Å². The van der Waals surface area contributed by atoms with E-state index in [0.29, 0.717) is 11.3 Å².